The molecular formula is C16H34N2O3. The molecule has 0 aliphatic heterocycles. The SMILES string of the molecule is CC(C)CCCNC(=O)C[C@H](O)C[C@H](O)CCNC(C)C. The van der Waals surface area contributed by atoms with Gasteiger partial charge in [0.2, 0.25) is 5.91 Å². The van der Waals surface area contributed by atoms with Gasteiger partial charge in [0.15, 0.2) is 0 Å². The van der Waals surface area contributed by atoms with Gasteiger partial charge in [-0.2, -0.15) is 0 Å². The largest absolute Gasteiger partial charge is 0.393 e. The van der Waals surface area contributed by atoms with Crippen LogP contribution < -0.4 is 10.6 Å². The zero-order valence-electron chi connectivity index (χ0n) is 14.1. The van der Waals surface area contributed by atoms with Crippen molar-refractivity contribution in [2.45, 2.75) is 78.0 Å². The predicted octanol–water partition coefficient (Wildman–Crippen LogP) is 1.43. The van der Waals surface area contributed by atoms with Gasteiger partial charge < -0.3 is 20.8 Å². The number of hydrogen-bond donors (Lipinski definition) is 4. The second kappa shape index (κ2) is 12.0. The highest BCUT2D eigenvalue weighted by Gasteiger charge is 2.15. The maximum Gasteiger partial charge on any atom is 0.222 e. The molecular weight excluding hydrogens is 268 g/mol. The van der Waals surface area contributed by atoms with Gasteiger partial charge in [-0.15, -0.1) is 0 Å². The summed E-state index contributed by atoms with van der Waals surface area (Å²) in [5.74, 6) is 0.501. The van der Waals surface area contributed by atoms with Gasteiger partial charge in [0, 0.05) is 12.6 Å². The van der Waals surface area contributed by atoms with Crippen LogP contribution in [0.3, 0.4) is 0 Å². The summed E-state index contributed by atoms with van der Waals surface area (Å²) in [6.07, 6.45) is 1.61. The van der Waals surface area contributed by atoms with Gasteiger partial charge >= 0.3 is 0 Å². The van der Waals surface area contributed by atoms with Crippen LogP contribution in [0.25, 0.3) is 0 Å². The second-order valence-corrected chi connectivity index (χ2v) is 6.53. The smallest absolute Gasteiger partial charge is 0.222 e. The van der Waals surface area contributed by atoms with Crippen molar-refractivity contribution in [2.24, 2.45) is 5.92 Å². The minimum atomic E-state index is -0.774. The molecule has 0 heterocycles. The van der Waals surface area contributed by atoms with E-state index in [-0.39, 0.29) is 18.7 Å². The van der Waals surface area contributed by atoms with Crippen LogP contribution in [-0.2, 0) is 4.79 Å². The van der Waals surface area contributed by atoms with E-state index < -0.39 is 12.2 Å². The molecule has 0 aliphatic carbocycles. The number of amides is 1. The van der Waals surface area contributed by atoms with Crippen LogP contribution in [0.5, 0.6) is 0 Å². The van der Waals surface area contributed by atoms with Gasteiger partial charge in [0.1, 0.15) is 0 Å². The highest BCUT2D eigenvalue weighted by atomic mass is 16.3. The van der Waals surface area contributed by atoms with Crippen molar-refractivity contribution in [1.29, 1.82) is 0 Å². The molecule has 4 N–H and O–H groups in total. The Morgan fingerprint density at radius 2 is 1.67 bits per heavy atom. The number of carbonyl (C=O) groups is 1. The van der Waals surface area contributed by atoms with Crippen LogP contribution in [0.4, 0.5) is 0 Å². The van der Waals surface area contributed by atoms with Crippen LogP contribution in [-0.4, -0.2) is 47.5 Å². The van der Waals surface area contributed by atoms with E-state index in [1.165, 1.54) is 0 Å². The predicted molar refractivity (Wildman–Crippen MR) is 86.1 cm³/mol. The molecule has 0 aromatic carbocycles. The van der Waals surface area contributed by atoms with Gasteiger partial charge in [0.05, 0.1) is 18.6 Å². The fraction of sp³-hybridized carbons (Fsp3) is 0.938. The average Bonchev–Trinajstić information content (AvgIpc) is 2.33. The molecule has 0 bridgehead atoms. The molecule has 0 saturated carbocycles. The third kappa shape index (κ3) is 14.1. The lowest BCUT2D eigenvalue weighted by molar-refractivity contribution is -0.123. The number of aliphatic hydroxyl groups is 2. The first-order valence-electron chi connectivity index (χ1n) is 8.17. The Hall–Kier alpha value is -0.650. The summed E-state index contributed by atoms with van der Waals surface area (Å²) >= 11 is 0. The van der Waals surface area contributed by atoms with E-state index in [0.717, 1.165) is 12.8 Å². The van der Waals surface area contributed by atoms with Crippen molar-refractivity contribution in [2.75, 3.05) is 13.1 Å². The highest BCUT2D eigenvalue weighted by Crippen LogP contribution is 2.06. The molecule has 0 fully saturated rings. The van der Waals surface area contributed by atoms with E-state index >= 15 is 0 Å². The van der Waals surface area contributed by atoms with E-state index in [1.54, 1.807) is 0 Å². The lowest BCUT2D eigenvalue weighted by atomic mass is 10.1. The highest BCUT2D eigenvalue weighted by molar-refractivity contribution is 5.76. The third-order valence-corrected chi connectivity index (χ3v) is 3.28. The van der Waals surface area contributed by atoms with E-state index in [4.69, 9.17) is 0 Å². The summed E-state index contributed by atoms with van der Waals surface area (Å²) in [7, 11) is 0. The molecule has 0 aliphatic rings. The van der Waals surface area contributed by atoms with Crippen molar-refractivity contribution in [1.82, 2.24) is 10.6 Å². The lowest BCUT2D eigenvalue weighted by Crippen LogP contribution is -2.31. The Kier molecular flexibility index (Phi) is 11.6. The maximum atomic E-state index is 11.6. The zero-order valence-corrected chi connectivity index (χ0v) is 14.1. The Morgan fingerprint density at radius 3 is 2.24 bits per heavy atom. The van der Waals surface area contributed by atoms with E-state index in [0.29, 0.717) is 31.5 Å². The summed E-state index contributed by atoms with van der Waals surface area (Å²) in [5, 5.41) is 25.6. The molecule has 0 unspecified atom stereocenters. The van der Waals surface area contributed by atoms with Crippen LogP contribution >= 0.6 is 0 Å². The first kappa shape index (κ1) is 20.3. The first-order valence-corrected chi connectivity index (χ1v) is 8.17. The quantitative estimate of drug-likeness (QED) is 0.411. The van der Waals surface area contributed by atoms with Gasteiger partial charge in [-0.1, -0.05) is 27.7 Å². The van der Waals surface area contributed by atoms with Crippen LogP contribution in [0.15, 0.2) is 0 Å². The number of aliphatic hydroxyl groups excluding tert-OH is 2. The monoisotopic (exact) mass is 302 g/mol. The zero-order chi connectivity index (χ0) is 16.3. The van der Waals surface area contributed by atoms with E-state index in [2.05, 4.69) is 24.5 Å². The van der Waals surface area contributed by atoms with Gasteiger partial charge in [-0.05, 0) is 38.1 Å². The molecule has 21 heavy (non-hydrogen) atoms. The van der Waals surface area contributed by atoms with Crippen molar-refractivity contribution >= 4 is 5.91 Å². The average molecular weight is 302 g/mol. The van der Waals surface area contributed by atoms with Crippen molar-refractivity contribution in [3.63, 3.8) is 0 Å². The Balaban J connectivity index is 3.66. The topological polar surface area (TPSA) is 81.6 Å². The fourth-order valence-corrected chi connectivity index (χ4v) is 2.08. The van der Waals surface area contributed by atoms with Crippen molar-refractivity contribution in [3.8, 4) is 0 Å². The van der Waals surface area contributed by atoms with Crippen molar-refractivity contribution < 1.29 is 15.0 Å². The summed E-state index contributed by atoms with van der Waals surface area (Å²) in [5.41, 5.74) is 0. The minimum absolute atomic E-state index is 0.0658. The Morgan fingerprint density at radius 1 is 1.00 bits per heavy atom. The molecule has 5 heteroatoms. The lowest BCUT2D eigenvalue weighted by Gasteiger charge is -2.16. The molecule has 1 amide bonds. The maximum absolute atomic E-state index is 11.6. The van der Waals surface area contributed by atoms with Crippen LogP contribution in [0.1, 0.15) is 59.8 Å². The molecule has 0 aromatic rings. The molecule has 2 atom stereocenters. The summed E-state index contributed by atoms with van der Waals surface area (Å²) < 4.78 is 0. The number of rotatable bonds is 12. The number of hydrogen-bond acceptors (Lipinski definition) is 4. The minimum Gasteiger partial charge on any atom is -0.393 e. The van der Waals surface area contributed by atoms with Crippen LogP contribution in [0.2, 0.25) is 0 Å². The normalized spacial score (nSPS) is 14.5. The van der Waals surface area contributed by atoms with Crippen LogP contribution in [0, 0.1) is 5.92 Å². The second-order valence-electron chi connectivity index (χ2n) is 6.53. The fourth-order valence-electron chi connectivity index (χ4n) is 2.08. The Bertz CT molecular complexity index is 270. The molecule has 5 nitrogen and oxygen atoms in total. The number of nitrogens with one attached hydrogen (secondary N) is 2. The van der Waals surface area contributed by atoms with E-state index in [1.807, 2.05) is 13.8 Å². The van der Waals surface area contributed by atoms with E-state index in [9.17, 15) is 15.0 Å². The summed E-state index contributed by atoms with van der Waals surface area (Å²) in [4.78, 5) is 11.6. The standard InChI is InChI=1S/C16H34N2O3/c1-12(2)6-5-8-18-16(21)11-15(20)10-14(19)7-9-17-13(3)4/h12-15,17,19-20H,5-11H2,1-4H3,(H,18,21)/t14-,15-/m1/s1. The number of carbonyl (C=O) groups excluding carboxylic acids is 1. The van der Waals surface area contributed by atoms with Gasteiger partial charge in [-0.3, -0.25) is 4.79 Å². The third-order valence-electron chi connectivity index (χ3n) is 3.28. The Labute approximate surface area is 129 Å². The van der Waals surface area contributed by atoms with Gasteiger partial charge in [-0.25, -0.2) is 0 Å². The molecule has 0 saturated heterocycles. The summed E-state index contributed by atoms with van der Waals surface area (Å²) in [6.45, 7) is 9.77. The van der Waals surface area contributed by atoms with Gasteiger partial charge in [0.25, 0.3) is 0 Å². The molecule has 0 radical (unpaired) electrons. The summed E-state index contributed by atoms with van der Waals surface area (Å²) in [6, 6.07) is 0.388. The molecule has 0 rings (SSSR count). The first-order chi connectivity index (χ1) is 9.81. The molecule has 126 valence electrons. The molecule has 0 spiro atoms. The van der Waals surface area contributed by atoms with Crippen molar-refractivity contribution in [3.05, 3.63) is 0 Å². The molecule has 0 aromatic heterocycles.